The van der Waals surface area contributed by atoms with Crippen molar-refractivity contribution in [1.29, 1.82) is 0 Å². The molecular weight excluding hydrogens is 324 g/mol. The number of aromatic nitrogens is 1. The highest BCUT2D eigenvalue weighted by Gasteiger charge is 2.15. The Morgan fingerprint density at radius 1 is 1.27 bits per heavy atom. The van der Waals surface area contributed by atoms with Gasteiger partial charge < -0.3 is 5.32 Å². The summed E-state index contributed by atoms with van der Waals surface area (Å²) in [5.41, 5.74) is 7.27. The summed E-state index contributed by atoms with van der Waals surface area (Å²) in [7, 11) is 1.85. The molecule has 1 aliphatic carbocycles. The molecule has 1 aromatic rings. The molecule has 2 N–H and O–H groups in total. The van der Waals surface area contributed by atoms with Crippen LogP contribution >= 0.6 is 0 Å². The van der Waals surface area contributed by atoms with Gasteiger partial charge in [0, 0.05) is 25.0 Å². The highest BCUT2D eigenvalue weighted by atomic mass is 16.2. The maximum atomic E-state index is 12.2. The van der Waals surface area contributed by atoms with Gasteiger partial charge in [-0.05, 0) is 68.2 Å². The van der Waals surface area contributed by atoms with Crippen LogP contribution in [0.25, 0.3) is 0 Å². The van der Waals surface area contributed by atoms with Crippen LogP contribution in [0.2, 0.25) is 0 Å². The third kappa shape index (κ3) is 7.30. The summed E-state index contributed by atoms with van der Waals surface area (Å²) in [6.07, 6.45) is 13.1. The number of hydrazone groups is 1. The van der Waals surface area contributed by atoms with E-state index in [0.29, 0.717) is 5.57 Å². The number of hydrogen-bond donors (Lipinski definition) is 2. The number of carbonyl (C=O) groups excluding carboxylic acids is 1. The largest absolute Gasteiger partial charge is 0.392 e. The fraction of sp³-hybridized carbons (Fsp3) is 0.286. The molecule has 1 aliphatic rings. The monoisotopic (exact) mass is 352 g/mol. The molecular formula is C21H28N4O. The van der Waals surface area contributed by atoms with E-state index in [1.165, 1.54) is 0 Å². The van der Waals surface area contributed by atoms with Crippen molar-refractivity contribution in [3.8, 4) is 0 Å². The number of amides is 1. The van der Waals surface area contributed by atoms with E-state index in [2.05, 4.69) is 39.6 Å². The van der Waals surface area contributed by atoms with E-state index in [-0.39, 0.29) is 5.91 Å². The number of allylic oxidation sites excluding steroid dienone is 5. The van der Waals surface area contributed by atoms with Crippen LogP contribution < -0.4 is 10.7 Å². The molecule has 0 unspecified atom stereocenters. The second kappa shape index (κ2) is 11.6. The fourth-order valence-electron chi connectivity index (χ4n) is 2.20. The van der Waals surface area contributed by atoms with Crippen molar-refractivity contribution in [2.75, 3.05) is 7.05 Å². The van der Waals surface area contributed by atoms with E-state index in [1.54, 1.807) is 18.6 Å². The van der Waals surface area contributed by atoms with Crippen molar-refractivity contribution in [2.24, 2.45) is 5.10 Å². The third-order valence-electron chi connectivity index (χ3n) is 3.73. The van der Waals surface area contributed by atoms with Gasteiger partial charge >= 0.3 is 0 Å². The van der Waals surface area contributed by atoms with Crippen molar-refractivity contribution in [3.63, 3.8) is 0 Å². The molecule has 1 amide bonds. The van der Waals surface area contributed by atoms with Crippen LogP contribution in [0.4, 0.5) is 0 Å². The van der Waals surface area contributed by atoms with Gasteiger partial charge in [0.2, 0.25) is 0 Å². The summed E-state index contributed by atoms with van der Waals surface area (Å²) < 4.78 is 0. The van der Waals surface area contributed by atoms with Crippen molar-refractivity contribution in [1.82, 2.24) is 15.7 Å². The van der Waals surface area contributed by atoms with E-state index >= 15 is 0 Å². The molecule has 0 bridgehead atoms. The SMILES string of the molecule is C/C=C(/C(=O)N/N=C\c1ccncc1)C1=CCCC=C1C.C=C(C)NC. The molecule has 2 rings (SSSR count). The van der Waals surface area contributed by atoms with Gasteiger partial charge in [-0.2, -0.15) is 5.10 Å². The number of nitrogens with one attached hydrogen (secondary N) is 2. The standard InChI is InChI=1S/C17H19N3O.C4H9N/c1-3-15(16-7-5-4-6-13(16)2)17(21)20-19-12-14-8-10-18-11-9-14;1-4(2)5-3/h3,6-12H,4-5H2,1-2H3,(H,20,21);5H,1H2,2-3H3/b15-3+,19-12-;. The zero-order chi connectivity index (χ0) is 19.4. The quantitative estimate of drug-likeness (QED) is 0.480. The van der Waals surface area contributed by atoms with Crippen LogP contribution in [-0.2, 0) is 4.79 Å². The Bertz CT molecular complexity index is 728. The first-order valence-electron chi connectivity index (χ1n) is 8.60. The Morgan fingerprint density at radius 3 is 2.42 bits per heavy atom. The number of pyridine rings is 1. The normalized spacial score (nSPS) is 13.9. The first kappa shape index (κ1) is 21.1. The predicted octanol–water partition coefficient (Wildman–Crippen LogP) is 3.88. The summed E-state index contributed by atoms with van der Waals surface area (Å²) in [6.45, 7) is 9.37. The van der Waals surface area contributed by atoms with Gasteiger partial charge in [-0.1, -0.05) is 24.8 Å². The van der Waals surface area contributed by atoms with E-state index in [0.717, 1.165) is 35.2 Å². The molecule has 0 saturated heterocycles. The van der Waals surface area contributed by atoms with Crippen LogP contribution in [0.5, 0.6) is 0 Å². The Hall–Kier alpha value is -2.95. The van der Waals surface area contributed by atoms with Crippen molar-refractivity contribution < 1.29 is 4.79 Å². The van der Waals surface area contributed by atoms with Gasteiger partial charge in [0.25, 0.3) is 5.91 Å². The third-order valence-corrected chi connectivity index (χ3v) is 3.73. The van der Waals surface area contributed by atoms with Gasteiger partial charge in [0.15, 0.2) is 0 Å². The Labute approximate surface area is 156 Å². The molecule has 0 aliphatic heterocycles. The minimum absolute atomic E-state index is 0.191. The highest BCUT2D eigenvalue weighted by molar-refractivity contribution is 5.99. The molecule has 138 valence electrons. The number of rotatable bonds is 5. The smallest absolute Gasteiger partial charge is 0.271 e. The molecule has 26 heavy (non-hydrogen) atoms. The van der Waals surface area contributed by atoms with Crippen molar-refractivity contribution >= 4 is 12.1 Å². The molecule has 0 saturated carbocycles. The minimum atomic E-state index is -0.191. The topological polar surface area (TPSA) is 66.4 Å². The van der Waals surface area contributed by atoms with Gasteiger partial charge in [-0.15, -0.1) is 0 Å². The Kier molecular flexibility index (Phi) is 9.39. The molecule has 1 heterocycles. The molecule has 1 aromatic heterocycles. The molecule has 0 aromatic carbocycles. The van der Waals surface area contributed by atoms with Crippen LogP contribution in [0, 0.1) is 0 Å². The van der Waals surface area contributed by atoms with Crippen LogP contribution in [0.3, 0.4) is 0 Å². The van der Waals surface area contributed by atoms with Gasteiger partial charge in [-0.3, -0.25) is 9.78 Å². The van der Waals surface area contributed by atoms with E-state index in [4.69, 9.17) is 0 Å². The van der Waals surface area contributed by atoms with Gasteiger partial charge in [0.1, 0.15) is 0 Å². The number of hydrogen-bond acceptors (Lipinski definition) is 4. The zero-order valence-electron chi connectivity index (χ0n) is 16.0. The summed E-state index contributed by atoms with van der Waals surface area (Å²) in [5.74, 6) is -0.191. The maximum absolute atomic E-state index is 12.2. The summed E-state index contributed by atoms with van der Waals surface area (Å²) in [6, 6.07) is 3.64. The molecule has 0 spiro atoms. The molecule has 5 nitrogen and oxygen atoms in total. The minimum Gasteiger partial charge on any atom is -0.392 e. The average molecular weight is 352 g/mol. The summed E-state index contributed by atoms with van der Waals surface area (Å²) in [5, 5.41) is 6.82. The van der Waals surface area contributed by atoms with E-state index < -0.39 is 0 Å². The molecule has 0 atom stereocenters. The molecule has 0 radical (unpaired) electrons. The molecule has 0 fully saturated rings. The lowest BCUT2D eigenvalue weighted by Crippen LogP contribution is -2.21. The first-order chi connectivity index (χ1) is 12.5. The zero-order valence-corrected chi connectivity index (χ0v) is 16.0. The lowest BCUT2D eigenvalue weighted by molar-refractivity contribution is -0.117. The fourth-order valence-corrected chi connectivity index (χ4v) is 2.20. The number of carbonyl (C=O) groups is 1. The Balaban J connectivity index is 0.000000597. The number of nitrogens with zero attached hydrogens (tertiary/aromatic N) is 2. The maximum Gasteiger partial charge on any atom is 0.271 e. The lowest BCUT2D eigenvalue weighted by Gasteiger charge is -2.14. The summed E-state index contributed by atoms with van der Waals surface area (Å²) in [4.78, 5) is 16.2. The second-order valence-corrected chi connectivity index (χ2v) is 5.79. The summed E-state index contributed by atoms with van der Waals surface area (Å²) >= 11 is 0. The first-order valence-corrected chi connectivity index (χ1v) is 8.60. The van der Waals surface area contributed by atoms with Gasteiger partial charge in [-0.25, -0.2) is 5.43 Å². The van der Waals surface area contributed by atoms with Crippen molar-refractivity contribution in [2.45, 2.75) is 33.6 Å². The van der Waals surface area contributed by atoms with E-state index in [1.807, 2.05) is 46.0 Å². The van der Waals surface area contributed by atoms with Crippen LogP contribution in [0.15, 0.2) is 76.9 Å². The van der Waals surface area contributed by atoms with Crippen LogP contribution in [-0.4, -0.2) is 24.2 Å². The Morgan fingerprint density at radius 2 is 1.88 bits per heavy atom. The van der Waals surface area contributed by atoms with Gasteiger partial charge in [0.05, 0.1) is 6.21 Å². The van der Waals surface area contributed by atoms with Crippen molar-refractivity contribution in [3.05, 3.63) is 77.3 Å². The lowest BCUT2D eigenvalue weighted by atomic mass is 9.92. The highest BCUT2D eigenvalue weighted by Crippen LogP contribution is 2.25. The predicted molar refractivity (Wildman–Crippen MR) is 109 cm³/mol. The van der Waals surface area contributed by atoms with Crippen LogP contribution in [0.1, 0.15) is 39.2 Å². The van der Waals surface area contributed by atoms with E-state index in [9.17, 15) is 4.79 Å². The second-order valence-electron chi connectivity index (χ2n) is 5.79. The average Bonchev–Trinajstić information content (AvgIpc) is 2.65. The molecule has 5 heteroatoms.